The summed E-state index contributed by atoms with van der Waals surface area (Å²) in [5, 5.41) is 0. The Morgan fingerprint density at radius 2 is 1.47 bits per heavy atom. The molecule has 0 radical (unpaired) electrons. The molecule has 4 saturated carbocycles. The lowest BCUT2D eigenvalue weighted by Crippen LogP contribution is -2.59. The Morgan fingerprint density at radius 3 is 2.13 bits per heavy atom. The number of allylic oxidation sites excluding steroid dienone is 3. The van der Waals surface area contributed by atoms with Crippen LogP contribution in [0, 0.1) is 57.7 Å². The molecule has 0 N–H and O–H groups in total. The third-order valence-electron chi connectivity index (χ3n) is 13.3. The Balaban J connectivity index is 1.31. The van der Waals surface area contributed by atoms with E-state index < -0.39 is 9.84 Å². The molecule has 0 saturated heterocycles. The summed E-state index contributed by atoms with van der Waals surface area (Å²) < 4.78 is 24.1. The molecule has 0 bridgehead atoms. The molecule has 5 aliphatic rings. The van der Waals surface area contributed by atoms with Crippen LogP contribution in [0.4, 0.5) is 0 Å². The minimum Gasteiger partial charge on any atom is -0.224 e. The van der Waals surface area contributed by atoms with Crippen molar-refractivity contribution in [3.05, 3.63) is 48.1 Å². The first-order chi connectivity index (χ1) is 17.8. The van der Waals surface area contributed by atoms with Crippen molar-refractivity contribution in [1.82, 2.24) is 0 Å². The van der Waals surface area contributed by atoms with Gasteiger partial charge in [-0.1, -0.05) is 58.1 Å². The summed E-state index contributed by atoms with van der Waals surface area (Å²) in [5.41, 5.74) is 5.00. The number of sulfone groups is 1. The molecule has 208 valence electrons. The molecule has 1 aromatic carbocycles. The average molecular weight is 535 g/mol. The van der Waals surface area contributed by atoms with Gasteiger partial charge in [0.2, 0.25) is 0 Å². The highest BCUT2D eigenvalue weighted by Gasteiger charge is 2.63. The molecule has 1 aromatic rings. The third kappa shape index (κ3) is 3.80. The summed E-state index contributed by atoms with van der Waals surface area (Å²) in [5.74, 6) is 5.83. The zero-order valence-corrected chi connectivity index (χ0v) is 25.5. The maximum absolute atomic E-state index is 12.0. The van der Waals surface area contributed by atoms with Gasteiger partial charge in [0.05, 0.1) is 4.90 Å². The molecule has 3 unspecified atom stereocenters. The Morgan fingerprint density at radius 1 is 0.842 bits per heavy atom. The molecule has 0 spiro atoms. The average Bonchev–Trinajstić information content (AvgIpc) is 3.28. The van der Waals surface area contributed by atoms with E-state index in [2.05, 4.69) is 47.3 Å². The van der Waals surface area contributed by atoms with Gasteiger partial charge < -0.3 is 0 Å². The molecule has 38 heavy (non-hydrogen) atoms. The van der Waals surface area contributed by atoms with E-state index in [4.69, 9.17) is 0 Å². The van der Waals surface area contributed by atoms with Crippen LogP contribution < -0.4 is 0 Å². The summed E-state index contributed by atoms with van der Waals surface area (Å²) in [4.78, 5) is 0.414. The zero-order chi connectivity index (χ0) is 27.3. The number of hydrogen-bond acceptors (Lipinski definition) is 2. The number of hydrogen-bond donors (Lipinski definition) is 0. The molecule has 9 atom stereocenters. The van der Waals surface area contributed by atoms with Crippen LogP contribution in [0.3, 0.4) is 0 Å². The van der Waals surface area contributed by atoms with Crippen molar-refractivity contribution in [1.29, 1.82) is 0 Å². The Hall–Kier alpha value is -1.35. The first-order valence-electron chi connectivity index (χ1n) is 15.4. The van der Waals surface area contributed by atoms with Crippen molar-refractivity contribution in [3.63, 3.8) is 0 Å². The van der Waals surface area contributed by atoms with Crippen LogP contribution in [0.25, 0.3) is 5.57 Å². The van der Waals surface area contributed by atoms with E-state index in [-0.39, 0.29) is 5.41 Å². The predicted octanol–water partition coefficient (Wildman–Crippen LogP) is 8.98. The molecule has 3 heteroatoms. The van der Waals surface area contributed by atoms with Gasteiger partial charge in [0.25, 0.3) is 0 Å². The quantitative estimate of drug-likeness (QED) is 0.363. The first-order valence-corrected chi connectivity index (χ1v) is 17.3. The van der Waals surface area contributed by atoms with Gasteiger partial charge in [-0.3, -0.25) is 0 Å². The van der Waals surface area contributed by atoms with Crippen molar-refractivity contribution in [2.45, 2.75) is 97.3 Å². The van der Waals surface area contributed by atoms with E-state index in [0.29, 0.717) is 21.6 Å². The predicted molar refractivity (Wildman–Crippen MR) is 158 cm³/mol. The van der Waals surface area contributed by atoms with Crippen LogP contribution in [0.2, 0.25) is 0 Å². The highest BCUT2D eigenvalue weighted by molar-refractivity contribution is 7.90. The number of fused-ring (bicyclic) bond motifs is 7. The van der Waals surface area contributed by atoms with Crippen LogP contribution in [0.5, 0.6) is 0 Å². The molecular formula is C35H50O2S. The molecule has 0 amide bonds. The minimum absolute atomic E-state index is 0.0799. The van der Waals surface area contributed by atoms with Gasteiger partial charge in [-0.25, -0.2) is 8.42 Å². The van der Waals surface area contributed by atoms with Gasteiger partial charge in [-0.15, -0.1) is 0 Å². The summed E-state index contributed by atoms with van der Waals surface area (Å²) in [6.45, 7) is 17.1. The standard InChI is InChI=1S/C35H50O2S/c1-22(2)26-13-10-24-18-20-34(5)28-16-17-31-33(3,4)27(23-8-11-25(12-9-23)38(7,36)37)19-21-35(31,6)29(28)14-15-30(34)32(24)26/h8-9,11-12,19,24,26,28-32H,1,10,13-18,20-21H2,2-7H3/t24?,26-,28?,29-,30+,31?,32+,34-,35+/m0/s1. The van der Waals surface area contributed by atoms with Crippen LogP contribution in [0.15, 0.2) is 47.4 Å². The summed E-state index contributed by atoms with van der Waals surface area (Å²) in [6.07, 6.45) is 16.3. The van der Waals surface area contributed by atoms with Crippen molar-refractivity contribution >= 4 is 15.4 Å². The third-order valence-corrected chi connectivity index (χ3v) is 14.4. The fourth-order valence-corrected chi connectivity index (χ4v) is 12.3. The minimum atomic E-state index is -3.18. The van der Waals surface area contributed by atoms with Gasteiger partial charge in [0.1, 0.15) is 0 Å². The van der Waals surface area contributed by atoms with E-state index >= 15 is 0 Å². The monoisotopic (exact) mass is 534 g/mol. The molecular weight excluding hydrogens is 484 g/mol. The van der Waals surface area contributed by atoms with Gasteiger partial charge in [0, 0.05) is 6.26 Å². The molecule has 0 heterocycles. The van der Waals surface area contributed by atoms with Gasteiger partial charge in [-0.2, -0.15) is 0 Å². The SMILES string of the molecule is C=C(C)[C@@H]1CCC2CC[C@@]3(C)C4CCC5C(C)(C)C(c6ccc(S(C)(=O)=O)cc6)=CC[C@]5(C)[C@H]4CC[C@@H]3[C@H]21. The van der Waals surface area contributed by atoms with Gasteiger partial charge >= 0.3 is 0 Å². The zero-order valence-electron chi connectivity index (χ0n) is 24.7. The lowest BCUT2D eigenvalue weighted by atomic mass is 9.38. The maximum Gasteiger partial charge on any atom is 0.175 e. The molecule has 5 aliphatic carbocycles. The number of benzene rings is 1. The fraction of sp³-hybridized carbons (Fsp3) is 0.714. The second-order valence-electron chi connectivity index (χ2n) is 15.3. The Labute approximate surface area is 232 Å². The van der Waals surface area contributed by atoms with Crippen molar-refractivity contribution < 1.29 is 8.42 Å². The van der Waals surface area contributed by atoms with Crippen molar-refractivity contribution in [2.24, 2.45) is 57.7 Å². The highest BCUT2D eigenvalue weighted by atomic mass is 32.2. The van der Waals surface area contributed by atoms with Crippen LogP contribution in [-0.4, -0.2) is 14.7 Å². The topological polar surface area (TPSA) is 34.1 Å². The molecule has 0 aliphatic heterocycles. The lowest BCUT2D eigenvalue weighted by Gasteiger charge is -2.67. The van der Waals surface area contributed by atoms with Crippen molar-refractivity contribution in [3.8, 4) is 0 Å². The van der Waals surface area contributed by atoms with Crippen LogP contribution >= 0.6 is 0 Å². The van der Waals surface area contributed by atoms with E-state index in [1.54, 1.807) is 12.1 Å². The van der Waals surface area contributed by atoms with Gasteiger partial charge in [0.15, 0.2) is 9.84 Å². The van der Waals surface area contributed by atoms with Crippen molar-refractivity contribution in [2.75, 3.05) is 6.26 Å². The summed E-state index contributed by atoms with van der Waals surface area (Å²) in [7, 11) is -3.18. The van der Waals surface area contributed by atoms with Crippen LogP contribution in [0.1, 0.15) is 98.0 Å². The Kier molecular flexibility index (Phi) is 6.23. The Bertz CT molecular complexity index is 1250. The molecule has 0 aromatic heterocycles. The first kappa shape index (κ1) is 26.9. The lowest BCUT2D eigenvalue weighted by molar-refractivity contribution is -0.162. The maximum atomic E-state index is 12.0. The smallest absolute Gasteiger partial charge is 0.175 e. The highest BCUT2D eigenvalue weighted by Crippen LogP contribution is 2.72. The van der Waals surface area contributed by atoms with E-state index in [1.165, 1.54) is 74.3 Å². The van der Waals surface area contributed by atoms with E-state index in [1.807, 2.05) is 12.1 Å². The fourth-order valence-electron chi connectivity index (χ4n) is 11.6. The largest absolute Gasteiger partial charge is 0.224 e. The summed E-state index contributed by atoms with van der Waals surface area (Å²) in [6, 6.07) is 7.68. The molecule has 2 nitrogen and oxygen atoms in total. The van der Waals surface area contributed by atoms with E-state index in [0.717, 1.165) is 41.9 Å². The van der Waals surface area contributed by atoms with Gasteiger partial charge in [-0.05, 0) is 146 Å². The second-order valence-corrected chi connectivity index (χ2v) is 17.3. The van der Waals surface area contributed by atoms with Crippen LogP contribution in [-0.2, 0) is 9.84 Å². The molecule has 4 fully saturated rings. The normalized spacial score (nSPS) is 43.7. The number of rotatable bonds is 3. The molecule has 6 rings (SSSR count). The van der Waals surface area contributed by atoms with E-state index in [9.17, 15) is 8.42 Å². The summed E-state index contributed by atoms with van der Waals surface area (Å²) >= 11 is 0. The second kappa shape index (κ2) is 8.82.